The molecule has 3 heterocycles. The molecule has 1 saturated heterocycles. The highest BCUT2D eigenvalue weighted by Crippen LogP contribution is 2.32. The molecule has 2 aromatic heterocycles. The molecule has 0 unspecified atom stereocenters. The van der Waals surface area contributed by atoms with Crippen LogP contribution in [0.15, 0.2) is 45.0 Å². The number of nitrogens with one attached hydrogen (secondary N) is 1. The van der Waals surface area contributed by atoms with E-state index in [1.807, 2.05) is 24.4 Å². The number of thiazole rings is 1. The number of hydrogen-bond donors (Lipinski definition) is 1. The summed E-state index contributed by atoms with van der Waals surface area (Å²) in [5.41, 5.74) is 1.01. The fourth-order valence-corrected chi connectivity index (χ4v) is 6.00. The van der Waals surface area contributed by atoms with Gasteiger partial charge in [0.25, 0.3) is 0 Å². The Morgan fingerprint density at radius 2 is 2.03 bits per heavy atom. The van der Waals surface area contributed by atoms with Gasteiger partial charge in [-0.1, -0.05) is 0 Å². The lowest BCUT2D eigenvalue weighted by atomic mass is 10.2. The quantitative estimate of drug-likeness (QED) is 0.527. The van der Waals surface area contributed by atoms with E-state index in [1.54, 1.807) is 19.1 Å². The van der Waals surface area contributed by atoms with E-state index in [-0.39, 0.29) is 23.0 Å². The largest absolute Gasteiger partial charge is 0.492 e. The third kappa shape index (κ3) is 4.87. The van der Waals surface area contributed by atoms with Crippen molar-refractivity contribution in [1.29, 1.82) is 0 Å². The number of aromatic nitrogens is 1. The maximum Gasteiger partial charge on any atom is 0.246 e. The second-order valence-corrected chi connectivity index (χ2v) is 10.2. The van der Waals surface area contributed by atoms with Crippen molar-refractivity contribution < 1.29 is 22.4 Å². The molecule has 1 aliphatic heterocycles. The number of ether oxygens (including phenoxy) is 1. The third-order valence-electron chi connectivity index (χ3n) is 5.05. The minimum atomic E-state index is -3.70. The summed E-state index contributed by atoms with van der Waals surface area (Å²) >= 11 is 1.41. The predicted octanol–water partition coefficient (Wildman–Crippen LogP) is 4.08. The van der Waals surface area contributed by atoms with Crippen molar-refractivity contribution in [2.24, 2.45) is 0 Å². The van der Waals surface area contributed by atoms with Crippen LogP contribution in [0.1, 0.15) is 31.2 Å². The van der Waals surface area contributed by atoms with E-state index >= 15 is 0 Å². The van der Waals surface area contributed by atoms with Gasteiger partial charge in [-0.15, -0.1) is 11.3 Å². The summed E-state index contributed by atoms with van der Waals surface area (Å²) in [5, 5.41) is 5.30. The molecule has 4 rings (SSSR count). The SMILES string of the molecule is CCOc1ccc(NC(=O)Cc2csc(-c3ccc(C)o3)n2)cc1S(=O)(=O)N1CCCC1. The molecule has 1 aromatic carbocycles. The monoisotopic (exact) mass is 475 g/mol. The van der Waals surface area contributed by atoms with Crippen LogP contribution in [0, 0.1) is 6.92 Å². The van der Waals surface area contributed by atoms with Gasteiger partial charge in [-0.25, -0.2) is 13.4 Å². The smallest absolute Gasteiger partial charge is 0.246 e. The maximum atomic E-state index is 13.1. The van der Waals surface area contributed by atoms with Crippen molar-refractivity contribution in [2.75, 3.05) is 25.0 Å². The van der Waals surface area contributed by atoms with Crippen LogP contribution in [0.3, 0.4) is 0 Å². The van der Waals surface area contributed by atoms with Gasteiger partial charge in [-0.2, -0.15) is 4.31 Å². The van der Waals surface area contributed by atoms with Crippen LogP contribution < -0.4 is 10.1 Å². The number of carbonyl (C=O) groups excluding carboxylic acids is 1. The fourth-order valence-electron chi connectivity index (χ4n) is 3.55. The minimum absolute atomic E-state index is 0.0671. The van der Waals surface area contributed by atoms with Crippen LogP contribution in [-0.2, 0) is 21.2 Å². The van der Waals surface area contributed by atoms with Gasteiger partial charge in [0.1, 0.15) is 16.4 Å². The molecule has 1 N–H and O–H groups in total. The topological polar surface area (TPSA) is 102 Å². The van der Waals surface area contributed by atoms with Gasteiger partial charge in [0.05, 0.1) is 18.7 Å². The number of benzene rings is 1. The Hall–Kier alpha value is -2.69. The van der Waals surface area contributed by atoms with Gasteiger partial charge in [-0.05, 0) is 57.0 Å². The third-order valence-corrected chi connectivity index (χ3v) is 7.88. The zero-order chi connectivity index (χ0) is 22.7. The number of hydrogen-bond acceptors (Lipinski definition) is 7. The summed E-state index contributed by atoms with van der Waals surface area (Å²) in [4.78, 5) is 17.1. The first-order chi connectivity index (χ1) is 15.4. The Bertz CT molecular complexity index is 1210. The zero-order valence-corrected chi connectivity index (χ0v) is 19.6. The van der Waals surface area contributed by atoms with E-state index in [0.717, 1.165) is 18.6 Å². The highest BCUT2D eigenvalue weighted by Gasteiger charge is 2.30. The molecule has 1 fully saturated rings. The Kier molecular flexibility index (Phi) is 6.63. The summed E-state index contributed by atoms with van der Waals surface area (Å²) in [6.07, 6.45) is 1.75. The van der Waals surface area contributed by atoms with Crippen molar-refractivity contribution in [1.82, 2.24) is 9.29 Å². The van der Waals surface area contributed by atoms with Crippen LogP contribution in [0.4, 0.5) is 5.69 Å². The van der Waals surface area contributed by atoms with Gasteiger partial charge >= 0.3 is 0 Å². The van der Waals surface area contributed by atoms with Crippen LogP contribution in [0.25, 0.3) is 10.8 Å². The molecule has 0 saturated carbocycles. The highest BCUT2D eigenvalue weighted by molar-refractivity contribution is 7.89. The Labute approximate surface area is 191 Å². The number of anilines is 1. The first kappa shape index (κ1) is 22.5. The van der Waals surface area contributed by atoms with Gasteiger partial charge < -0.3 is 14.5 Å². The lowest BCUT2D eigenvalue weighted by molar-refractivity contribution is -0.115. The van der Waals surface area contributed by atoms with E-state index in [9.17, 15) is 13.2 Å². The Balaban J connectivity index is 1.50. The predicted molar refractivity (Wildman–Crippen MR) is 122 cm³/mol. The number of nitrogens with zero attached hydrogens (tertiary/aromatic N) is 2. The summed E-state index contributed by atoms with van der Waals surface area (Å²) in [6, 6.07) is 8.41. The normalized spacial score (nSPS) is 14.6. The molecule has 0 atom stereocenters. The first-order valence-electron chi connectivity index (χ1n) is 10.4. The molecule has 1 amide bonds. The number of amides is 1. The number of sulfonamides is 1. The van der Waals surface area contributed by atoms with E-state index in [4.69, 9.17) is 9.15 Å². The lowest BCUT2D eigenvalue weighted by Gasteiger charge is -2.19. The standard InChI is InChI=1S/C22H25N3O5S2/c1-3-29-18-9-7-16(12-20(18)32(27,28)25-10-4-5-11-25)23-21(26)13-17-14-31-22(24-17)19-8-6-15(2)30-19/h6-9,12,14H,3-5,10-11,13H2,1-2H3,(H,23,26). The summed E-state index contributed by atoms with van der Waals surface area (Å²) in [5.74, 6) is 1.47. The number of rotatable bonds is 8. The summed E-state index contributed by atoms with van der Waals surface area (Å²) < 4.78 is 38.8. The van der Waals surface area contributed by atoms with Crippen LogP contribution in [0.5, 0.6) is 5.75 Å². The fraction of sp³-hybridized carbons (Fsp3) is 0.364. The molecule has 0 bridgehead atoms. The first-order valence-corrected chi connectivity index (χ1v) is 12.8. The van der Waals surface area contributed by atoms with Crippen molar-refractivity contribution in [3.8, 4) is 16.5 Å². The second-order valence-electron chi connectivity index (χ2n) is 7.48. The van der Waals surface area contributed by atoms with Gasteiger partial charge in [0.2, 0.25) is 15.9 Å². The maximum absolute atomic E-state index is 13.1. The molecular formula is C22H25N3O5S2. The van der Waals surface area contributed by atoms with Crippen molar-refractivity contribution in [3.63, 3.8) is 0 Å². The molecule has 32 heavy (non-hydrogen) atoms. The van der Waals surface area contributed by atoms with Crippen molar-refractivity contribution in [2.45, 2.75) is 38.0 Å². The van der Waals surface area contributed by atoms with Crippen molar-refractivity contribution in [3.05, 3.63) is 47.2 Å². The average Bonchev–Trinajstić information content (AvgIpc) is 3.51. The van der Waals surface area contributed by atoms with Crippen LogP contribution >= 0.6 is 11.3 Å². The minimum Gasteiger partial charge on any atom is -0.492 e. The number of carbonyl (C=O) groups is 1. The number of aryl methyl sites for hydroxylation is 1. The molecule has 170 valence electrons. The van der Waals surface area contributed by atoms with E-state index in [2.05, 4.69) is 10.3 Å². The van der Waals surface area contributed by atoms with E-state index < -0.39 is 10.0 Å². The van der Waals surface area contributed by atoms with Gasteiger partial charge in [-0.3, -0.25) is 4.79 Å². The molecule has 3 aromatic rings. The van der Waals surface area contributed by atoms with Crippen LogP contribution in [0.2, 0.25) is 0 Å². The van der Waals surface area contributed by atoms with E-state index in [0.29, 0.717) is 41.8 Å². The molecule has 8 nitrogen and oxygen atoms in total. The average molecular weight is 476 g/mol. The highest BCUT2D eigenvalue weighted by atomic mass is 32.2. The Morgan fingerprint density at radius 3 is 2.72 bits per heavy atom. The van der Waals surface area contributed by atoms with Crippen LogP contribution in [-0.4, -0.2) is 43.3 Å². The molecule has 10 heteroatoms. The second kappa shape index (κ2) is 9.43. The van der Waals surface area contributed by atoms with Gasteiger partial charge in [0.15, 0.2) is 10.8 Å². The lowest BCUT2D eigenvalue weighted by Crippen LogP contribution is -2.28. The summed E-state index contributed by atoms with van der Waals surface area (Å²) in [7, 11) is -3.70. The van der Waals surface area contributed by atoms with E-state index in [1.165, 1.54) is 21.7 Å². The molecule has 1 aliphatic rings. The number of furan rings is 1. The molecule has 0 aliphatic carbocycles. The van der Waals surface area contributed by atoms with Gasteiger partial charge in [0, 0.05) is 24.2 Å². The summed E-state index contributed by atoms with van der Waals surface area (Å²) in [6.45, 7) is 4.99. The van der Waals surface area contributed by atoms with Crippen molar-refractivity contribution >= 4 is 33.0 Å². The zero-order valence-electron chi connectivity index (χ0n) is 18.0. The molecular weight excluding hydrogens is 450 g/mol. The Morgan fingerprint density at radius 1 is 1.25 bits per heavy atom. The molecule has 0 radical (unpaired) electrons. The molecule has 0 spiro atoms.